The van der Waals surface area contributed by atoms with Crippen molar-refractivity contribution >= 4 is 46.5 Å². The number of rotatable bonds is 7. The first kappa shape index (κ1) is 25.8. The minimum atomic E-state index is -0.978. The van der Waals surface area contributed by atoms with Gasteiger partial charge in [0, 0.05) is 15.8 Å². The van der Waals surface area contributed by atoms with E-state index >= 15 is 0 Å². The van der Waals surface area contributed by atoms with Gasteiger partial charge >= 0.3 is 0 Å². The predicted octanol–water partition coefficient (Wildman–Crippen LogP) is 4.61. The highest BCUT2D eigenvalue weighted by Gasteiger charge is 2.37. The standard InChI is InChI=1S/C26H25F2N3O3S2/c1-3-16-8-9-35-23(16)24-22(26(34)30-19-6-4-5-7-20(19)36-24)31-25(33)14(2)29-21(32)12-15-10-17(27)13-18(28)11-15/h4-11,13-14,22,24H,3,12H2,1-2H3,(H,29,32)(H,30,34)(H,31,33)/t14-,22-,24-/m0/s1. The van der Waals surface area contributed by atoms with Crippen molar-refractivity contribution < 1.29 is 23.2 Å². The van der Waals surface area contributed by atoms with Crippen molar-refractivity contribution in [3.8, 4) is 0 Å². The smallest absolute Gasteiger partial charge is 0.248 e. The van der Waals surface area contributed by atoms with Gasteiger partial charge in [-0.05, 0) is 60.2 Å². The maximum absolute atomic E-state index is 13.4. The van der Waals surface area contributed by atoms with E-state index in [1.54, 1.807) is 0 Å². The monoisotopic (exact) mass is 529 g/mol. The molecule has 36 heavy (non-hydrogen) atoms. The first-order chi connectivity index (χ1) is 17.2. The lowest BCUT2D eigenvalue weighted by Gasteiger charge is -2.26. The number of fused-ring (bicyclic) bond motifs is 1. The highest BCUT2D eigenvalue weighted by Crippen LogP contribution is 2.46. The highest BCUT2D eigenvalue weighted by atomic mass is 32.2. The fourth-order valence-electron chi connectivity index (χ4n) is 4.00. The molecule has 1 aliphatic rings. The van der Waals surface area contributed by atoms with Crippen LogP contribution in [-0.4, -0.2) is 29.8 Å². The van der Waals surface area contributed by atoms with Gasteiger partial charge in [-0.3, -0.25) is 14.4 Å². The maximum Gasteiger partial charge on any atom is 0.248 e. The molecule has 0 saturated heterocycles. The number of thiophene rings is 1. The zero-order valence-corrected chi connectivity index (χ0v) is 21.3. The molecule has 3 aromatic rings. The molecule has 6 nitrogen and oxygen atoms in total. The zero-order valence-electron chi connectivity index (χ0n) is 19.6. The molecule has 3 amide bonds. The van der Waals surface area contributed by atoms with Crippen molar-refractivity contribution in [2.75, 3.05) is 5.32 Å². The molecular formula is C26H25F2N3O3S2. The van der Waals surface area contributed by atoms with Crippen LogP contribution in [0.4, 0.5) is 14.5 Å². The number of halogens is 2. The number of hydrogen-bond donors (Lipinski definition) is 3. The van der Waals surface area contributed by atoms with Crippen LogP contribution in [0.3, 0.4) is 0 Å². The number of thioether (sulfide) groups is 1. The van der Waals surface area contributed by atoms with E-state index in [4.69, 9.17) is 0 Å². The van der Waals surface area contributed by atoms with Crippen LogP contribution >= 0.6 is 23.1 Å². The molecular weight excluding hydrogens is 504 g/mol. The molecule has 0 spiro atoms. The second-order valence-electron chi connectivity index (χ2n) is 8.42. The fraction of sp³-hybridized carbons (Fsp3) is 0.269. The Bertz CT molecular complexity index is 1280. The van der Waals surface area contributed by atoms with E-state index in [-0.39, 0.29) is 23.1 Å². The van der Waals surface area contributed by atoms with E-state index < -0.39 is 35.5 Å². The number of carbonyl (C=O) groups excluding carboxylic acids is 3. The van der Waals surface area contributed by atoms with Crippen molar-refractivity contribution in [3.63, 3.8) is 0 Å². The molecule has 1 aliphatic heterocycles. The number of nitrogens with one attached hydrogen (secondary N) is 3. The number of amides is 3. The van der Waals surface area contributed by atoms with Crippen molar-refractivity contribution in [1.82, 2.24) is 10.6 Å². The summed E-state index contributed by atoms with van der Waals surface area (Å²) in [6.45, 7) is 3.53. The SMILES string of the molecule is CCc1ccsc1[C@H]1Sc2ccccc2NC(=O)[C@H]1NC(=O)[C@H](C)NC(=O)Cc1cc(F)cc(F)c1. The highest BCUT2D eigenvalue weighted by molar-refractivity contribution is 8.00. The summed E-state index contributed by atoms with van der Waals surface area (Å²) in [6.07, 6.45) is 0.492. The largest absolute Gasteiger partial charge is 0.344 e. The van der Waals surface area contributed by atoms with E-state index in [9.17, 15) is 23.2 Å². The third-order valence-corrected chi connectivity index (χ3v) is 8.32. The van der Waals surface area contributed by atoms with Crippen LogP contribution in [0.25, 0.3) is 0 Å². The van der Waals surface area contributed by atoms with Crippen LogP contribution in [0.1, 0.15) is 35.1 Å². The second kappa shape index (κ2) is 11.2. The van der Waals surface area contributed by atoms with E-state index in [0.29, 0.717) is 5.69 Å². The van der Waals surface area contributed by atoms with Crippen LogP contribution in [0.2, 0.25) is 0 Å². The minimum absolute atomic E-state index is 0.153. The van der Waals surface area contributed by atoms with E-state index in [2.05, 4.69) is 16.0 Å². The molecule has 0 fully saturated rings. The molecule has 0 aliphatic carbocycles. The third kappa shape index (κ3) is 5.93. The average molecular weight is 530 g/mol. The van der Waals surface area contributed by atoms with Crippen LogP contribution in [-0.2, 0) is 27.2 Å². The number of para-hydroxylation sites is 1. The summed E-state index contributed by atoms with van der Waals surface area (Å²) in [5.74, 6) is -3.03. The van der Waals surface area contributed by atoms with Gasteiger partial charge in [0.25, 0.3) is 0 Å². The molecule has 3 N–H and O–H groups in total. The summed E-state index contributed by atoms with van der Waals surface area (Å²) in [6, 6.07) is 10.5. The molecule has 3 atom stereocenters. The van der Waals surface area contributed by atoms with Gasteiger partial charge in [0.1, 0.15) is 23.7 Å². The average Bonchev–Trinajstić information content (AvgIpc) is 3.24. The Morgan fingerprint density at radius 3 is 2.56 bits per heavy atom. The number of benzene rings is 2. The number of anilines is 1. The van der Waals surface area contributed by atoms with Gasteiger partial charge in [0.2, 0.25) is 17.7 Å². The molecule has 4 rings (SSSR count). The molecule has 1 aromatic heterocycles. The van der Waals surface area contributed by atoms with Gasteiger partial charge in [0.15, 0.2) is 0 Å². The van der Waals surface area contributed by atoms with Crippen molar-refractivity contribution in [3.05, 3.63) is 81.5 Å². The summed E-state index contributed by atoms with van der Waals surface area (Å²) in [5, 5.41) is 9.87. The second-order valence-corrected chi connectivity index (χ2v) is 10.5. The Morgan fingerprint density at radius 2 is 1.83 bits per heavy atom. The molecule has 2 heterocycles. The lowest BCUT2D eigenvalue weighted by atomic mass is 10.1. The summed E-state index contributed by atoms with van der Waals surface area (Å²) < 4.78 is 26.9. The zero-order chi connectivity index (χ0) is 25.8. The van der Waals surface area contributed by atoms with Crippen LogP contribution in [0.15, 0.2) is 58.8 Å². The Morgan fingerprint density at radius 1 is 1.11 bits per heavy atom. The van der Waals surface area contributed by atoms with Crippen molar-refractivity contribution in [1.29, 1.82) is 0 Å². The summed E-state index contributed by atoms with van der Waals surface area (Å²) in [5.41, 5.74) is 1.93. The van der Waals surface area contributed by atoms with Crippen LogP contribution in [0, 0.1) is 11.6 Å². The van der Waals surface area contributed by atoms with Crippen LogP contribution < -0.4 is 16.0 Å². The summed E-state index contributed by atoms with van der Waals surface area (Å²) in [7, 11) is 0. The lowest BCUT2D eigenvalue weighted by Crippen LogP contribution is -2.53. The van der Waals surface area contributed by atoms with Gasteiger partial charge < -0.3 is 16.0 Å². The van der Waals surface area contributed by atoms with Gasteiger partial charge in [0.05, 0.1) is 17.4 Å². The Kier molecular flexibility index (Phi) is 8.05. The van der Waals surface area contributed by atoms with E-state index in [0.717, 1.165) is 40.0 Å². The quantitative estimate of drug-likeness (QED) is 0.417. The fourth-order valence-corrected chi connectivity index (χ4v) is 6.58. The molecule has 10 heteroatoms. The summed E-state index contributed by atoms with van der Waals surface area (Å²) >= 11 is 3.04. The number of aryl methyl sites for hydroxylation is 1. The molecule has 188 valence electrons. The maximum atomic E-state index is 13.4. The number of carbonyl (C=O) groups is 3. The van der Waals surface area contributed by atoms with Gasteiger partial charge in [-0.2, -0.15) is 0 Å². The third-order valence-electron chi connectivity index (χ3n) is 5.76. The molecule has 2 aromatic carbocycles. The Balaban J connectivity index is 1.51. The first-order valence-electron chi connectivity index (χ1n) is 11.4. The first-order valence-corrected chi connectivity index (χ1v) is 13.2. The number of hydrogen-bond acceptors (Lipinski definition) is 5. The van der Waals surface area contributed by atoms with Crippen LogP contribution in [0.5, 0.6) is 0 Å². The minimum Gasteiger partial charge on any atom is -0.344 e. The Labute approximate surface area is 215 Å². The van der Waals surface area contributed by atoms with Gasteiger partial charge in [-0.1, -0.05) is 19.1 Å². The molecule has 0 bridgehead atoms. The molecule has 0 unspecified atom stereocenters. The predicted molar refractivity (Wildman–Crippen MR) is 137 cm³/mol. The topological polar surface area (TPSA) is 87.3 Å². The lowest BCUT2D eigenvalue weighted by molar-refractivity contribution is -0.130. The van der Waals surface area contributed by atoms with E-state index in [1.807, 2.05) is 42.6 Å². The normalized spacial score (nSPS) is 17.9. The van der Waals surface area contributed by atoms with E-state index in [1.165, 1.54) is 30.0 Å². The molecule has 0 saturated carbocycles. The summed E-state index contributed by atoms with van der Waals surface area (Å²) in [4.78, 5) is 40.7. The molecule has 0 radical (unpaired) electrons. The van der Waals surface area contributed by atoms with Crippen molar-refractivity contribution in [2.24, 2.45) is 0 Å². The van der Waals surface area contributed by atoms with Crippen molar-refractivity contribution in [2.45, 2.75) is 48.9 Å². The Hall–Kier alpha value is -3.24. The van der Waals surface area contributed by atoms with Gasteiger partial charge in [-0.15, -0.1) is 23.1 Å². The van der Waals surface area contributed by atoms with Gasteiger partial charge in [-0.25, -0.2) is 8.78 Å².